The van der Waals surface area contributed by atoms with Gasteiger partial charge in [0.2, 0.25) is 0 Å². The van der Waals surface area contributed by atoms with E-state index in [1.165, 1.54) is 12.0 Å². The van der Waals surface area contributed by atoms with E-state index in [0.717, 1.165) is 37.3 Å². The number of thiophene rings is 1. The van der Waals surface area contributed by atoms with Crippen molar-refractivity contribution in [2.75, 3.05) is 7.11 Å². The lowest BCUT2D eigenvalue weighted by Crippen LogP contribution is -2.23. The SMILES string of the molecule is COC(=O)C1CCCn2c1cnc2Cc1cccs1. The molecular weight excluding hydrogens is 260 g/mol. The monoisotopic (exact) mass is 276 g/mol. The van der Waals surface area contributed by atoms with E-state index in [1.54, 1.807) is 11.3 Å². The van der Waals surface area contributed by atoms with E-state index in [9.17, 15) is 4.79 Å². The average Bonchev–Trinajstić information content (AvgIpc) is 3.08. The molecule has 1 aliphatic rings. The third kappa shape index (κ3) is 2.30. The van der Waals surface area contributed by atoms with Gasteiger partial charge in [-0.2, -0.15) is 0 Å². The van der Waals surface area contributed by atoms with Crippen LogP contribution in [0.3, 0.4) is 0 Å². The molecule has 0 fully saturated rings. The predicted molar refractivity (Wildman–Crippen MR) is 73.3 cm³/mol. The zero-order valence-corrected chi connectivity index (χ0v) is 11.7. The summed E-state index contributed by atoms with van der Waals surface area (Å²) in [5, 5.41) is 2.08. The number of fused-ring (bicyclic) bond motifs is 1. The molecule has 3 heterocycles. The van der Waals surface area contributed by atoms with Crippen molar-refractivity contribution in [1.82, 2.24) is 9.55 Å². The molecular formula is C14H16N2O2S. The Labute approximate surface area is 116 Å². The van der Waals surface area contributed by atoms with Crippen LogP contribution in [0.4, 0.5) is 0 Å². The van der Waals surface area contributed by atoms with Gasteiger partial charge in [-0.1, -0.05) is 6.07 Å². The second kappa shape index (κ2) is 5.17. The van der Waals surface area contributed by atoms with Crippen LogP contribution < -0.4 is 0 Å². The zero-order valence-electron chi connectivity index (χ0n) is 10.8. The maximum Gasteiger partial charge on any atom is 0.314 e. The largest absolute Gasteiger partial charge is 0.469 e. The second-order valence-electron chi connectivity index (χ2n) is 4.73. The number of carbonyl (C=O) groups is 1. The standard InChI is InChI=1S/C14H16N2O2S/c1-18-14(17)11-5-2-6-16-12(11)9-15-13(16)8-10-4-3-7-19-10/h3-4,7,9,11H,2,5-6,8H2,1H3. The number of esters is 1. The van der Waals surface area contributed by atoms with Gasteiger partial charge in [0.25, 0.3) is 0 Å². The van der Waals surface area contributed by atoms with Crippen LogP contribution in [0.25, 0.3) is 0 Å². The smallest absolute Gasteiger partial charge is 0.314 e. The van der Waals surface area contributed by atoms with Crippen molar-refractivity contribution >= 4 is 17.3 Å². The minimum absolute atomic E-state index is 0.150. The Balaban J connectivity index is 1.89. The van der Waals surface area contributed by atoms with Gasteiger partial charge in [0.15, 0.2) is 0 Å². The molecule has 0 aromatic carbocycles. The highest BCUT2D eigenvalue weighted by atomic mass is 32.1. The first-order chi connectivity index (χ1) is 9.29. The van der Waals surface area contributed by atoms with Crippen molar-refractivity contribution in [3.63, 3.8) is 0 Å². The molecule has 0 amide bonds. The molecule has 4 nitrogen and oxygen atoms in total. The van der Waals surface area contributed by atoms with Crippen molar-refractivity contribution in [3.05, 3.63) is 40.1 Å². The molecule has 2 aromatic rings. The second-order valence-corrected chi connectivity index (χ2v) is 5.76. The minimum Gasteiger partial charge on any atom is -0.469 e. The lowest BCUT2D eigenvalue weighted by molar-refractivity contribution is -0.143. The number of imidazole rings is 1. The molecule has 0 bridgehead atoms. The molecule has 0 saturated heterocycles. The highest BCUT2D eigenvalue weighted by Gasteiger charge is 2.29. The lowest BCUT2D eigenvalue weighted by Gasteiger charge is -2.23. The van der Waals surface area contributed by atoms with Gasteiger partial charge < -0.3 is 9.30 Å². The summed E-state index contributed by atoms with van der Waals surface area (Å²) >= 11 is 1.74. The third-order valence-corrected chi connectivity index (χ3v) is 4.48. The highest BCUT2D eigenvalue weighted by molar-refractivity contribution is 7.09. The molecule has 0 radical (unpaired) electrons. The number of rotatable bonds is 3. The van der Waals surface area contributed by atoms with Crippen LogP contribution in [0.1, 0.15) is 35.2 Å². The maximum atomic E-state index is 11.8. The predicted octanol–water partition coefficient (Wildman–Crippen LogP) is 2.59. The van der Waals surface area contributed by atoms with Gasteiger partial charge in [0, 0.05) is 24.0 Å². The maximum absolute atomic E-state index is 11.8. The van der Waals surface area contributed by atoms with Gasteiger partial charge in [0.05, 0.1) is 18.7 Å². The van der Waals surface area contributed by atoms with Crippen molar-refractivity contribution in [1.29, 1.82) is 0 Å². The molecule has 19 heavy (non-hydrogen) atoms. The Morgan fingerprint density at radius 2 is 2.53 bits per heavy atom. The van der Waals surface area contributed by atoms with Gasteiger partial charge in [-0.15, -0.1) is 11.3 Å². The average molecular weight is 276 g/mol. The van der Waals surface area contributed by atoms with Crippen molar-refractivity contribution in [3.8, 4) is 0 Å². The molecule has 2 aromatic heterocycles. The Hall–Kier alpha value is -1.62. The summed E-state index contributed by atoms with van der Waals surface area (Å²) in [6.45, 7) is 0.948. The Kier molecular flexibility index (Phi) is 3.38. The Morgan fingerprint density at radius 3 is 3.26 bits per heavy atom. The summed E-state index contributed by atoms with van der Waals surface area (Å²) in [6.07, 6.45) is 4.53. The topological polar surface area (TPSA) is 44.1 Å². The third-order valence-electron chi connectivity index (χ3n) is 3.60. The van der Waals surface area contributed by atoms with Crippen LogP contribution in [0.15, 0.2) is 23.7 Å². The van der Waals surface area contributed by atoms with Crippen LogP contribution in [0.5, 0.6) is 0 Å². The number of methoxy groups -OCH3 is 1. The normalized spacial score (nSPS) is 18.1. The molecule has 0 saturated carbocycles. The van der Waals surface area contributed by atoms with E-state index in [2.05, 4.69) is 27.1 Å². The summed E-state index contributed by atoms with van der Waals surface area (Å²) in [5.41, 5.74) is 1.00. The van der Waals surface area contributed by atoms with E-state index >= 15 is 0 Å². The summed E-state index contributed by atoms with van der Waals surface area (Å²) in [7, 11) is 1.45. The number of hydrogen-bond donors (Lipinski definition) is 0. The summed E-state index contributed by atoms with van der Waals surface area (Å²) in [4.78, 5) is 17.6. The van der Waals surface area contributed by atoms with Crippen LogP contribution in [0, 0.1) is 0 Å². The number of nitrogens with zero attached hydrogens (tertiary/aromatic N) is 2. The molecule has 100 valence electrons. The van der Waals surface area contributed by atoms with Crippen LogP contribution in [0.2, 0.25) is 0 Å². The zero-order chi connectivity index (χ0) is 13.2. The highest BCUT2D eigenvalue weighted by Crippen LogP contribution is 2.30. The molecule has 5 heteroatoms. The van der Waals surface area contributed by atoms with E-state index in [4.69, 9.17) is 4.74 Å². The Morgan fingerprint density at radius 1 is 1.63 bits per heavy atom. The fourth-order valence-electron chi connectivity index (χ4n) is 2.66. The van der Waals surface area contributed by atoms with E-state index in [-0.39, 0.29) is 11.9 Å². The number of carbonyl (C=O) groups excluding carboxylic acids is 1. The molecule has 0 spiro atoms. The van der Waals surface area contributed by atoms with E-state index in [1.807, 2.05) is 6.20 Å². The fourth-order valence-corrected chi connectivity index (χ4v) is 3.36. The first-order valence-electron chi connectivity index (χ1n) is 6.44. The molecule has 0 N–H and O–H groups in total. The lowest BCUT2D eigenvalue weighted by atomic mass is 9.96. The minimum atomic E-state index is -0.150. The molecule has 1 unspecified atom stereocenters. The van der Waals surface area contributed by atoms with Gasteiger partial charge in [-0.25, -0.2) is 4.98 Å². The molecule has 3 rings (SSSR count). The Bertz CT molecular complexity index is 574. The molecule has 1 atom stereocenters. The number of aromatic nitrogens is 2. The first-order valence-corrected chi connectivity index (χ1v) is 7.32. The van der Waals surface area contributed by atoms with Crippen LogP contribution in [-0.4, -0.2) is 22.6 Å². The van der Waals surface area contributed by atoms with Gasteiger partial charge in [0.1, 0.15) is 5.82 Å². The molecule has 1 aliphatic heterocycles. The van der Waals surface area contributed by atoms with Crippen molar-refractivity contribution in [2.45, 2.75) is 31.7 Å². The number of ether oxygens (including phenoxy) is 1. The molecule has 0 aliphatic carbocycles. The van der Waals surface area contributed by atoms with Gasteiger partial charge in [-0.05, 0) is 24.3 Å². The van der Waals surface area contributed by atoms with E-state index < -0.39 is 0 Å². The van der Waals surface area contributed by atoms with Crippen LogP contribution in [-0.2, 0) is 22.5 Å². The van der Waals surface area contributed by atoms with E-state index in [0.29, 0.717) is 0 Å². The number of hydrogen-bond acceptors (Lipinski definition) is 4. The summed E-state index contributed by atoms with van der Waals surface area (Å²) < 4.78 is 7.07. The van der Waals surface area contributed by atoms with Crippen molar-refractivity contribution in [2.24, 2.45) is 0 Å². The van der Waals surface area contributed by atoms with Crippen LogP contribution >= 0.6 is 11.3 Å². The summed E-state index contributed by atoms with van der Waals surface area (Å²) in [5.74, 6) is 0.748. The first kappa shape index (κ1) is 12.4. The van der Waals surface area contributed by atoms with Gasteiger partial charge >= 0.3 is 5.97 Å². The quantitative estimate of drug-likeness (QED) is 0.809. The summed E-state index contributed by atoms with van der Waals surface area (Å²) in [6, 6.07) is 4.17. The van der Waals surface area contributed by atoms with Crippen molar-refractivity contribution < 1.29 is 9.53 Å². The van der Waals surface area contributed by atoms with Gasteiger partial charge in [-0.3, -0.25) is 4.79 Å². The fraction of sp³-hybridized carbons (Fsp3) is 0.429.